The van der Waals surface area contributed by atoms with Gasteiger partial charge in [-0.3, -0.25) is 4.79 Å². The van der Waals surface area contributed by atoms with Gasteiger partial charge in [-0.15, -0.1) is 0 Å². The Labute approximate surface area is 120 Å². The molecule has 19 heavy (non-hydrogen) atoms. The number of hydrogen-bond acceptors (Lipinski definition) is 2. The van der Waals surface area contributed by atoms with Crippen molar-refractivity contribution in [2.45, 2.75) is 31.2 Å². The normalized spacial score (nSPS) is 17.2. The number of rotatable bonds is 3. The molecule has 1 aliphatic rings. The molecule has 0 radical (unpaired) electrons. The number of benzene rings is 1. The third kappa shape index (κ3) is 2.69. The Kier molecular flexibility index (Phi) is 4.02. The number of carboxylic acid groups (broad SMARTS) is 1. The predicted molar refractivity (Wildman–Crippen MR) is 72.8 cm³/mol. The third-order valence-corrected chi connectivity index (χ3v) is 4.04. The van der Waals surface area contributed by atoms with Gasteiger partial charge in [-0.2, -0.15) is 0 Å². The highest BCUT2D eigenvalue weighted by molar-refractivity contribution is 6.39. The maximum absolute atomic E-state index is 12.2. The van der Waals surface area contributed by atoms with Crippen molar-refractivity contribution < 1.29 is 14.7 Å². The molecule has 0 bridgehead atoms. The van der Waals surface area contributed by atoms with E-state index in [1.165, 1.54) is 0 Å². The van der Waals surface area contributed by atoms with Gasteiger partial charge in [0.15, 0.2) is 0 Å². The number of carbonyl (C=O) groups is 2. The Morgan fingerprint density at radius 2 is 1.68 bits per heavy atom. The molecule has 0 heterocycles. The second kappa shape index (κ2) is 5.39. The van der Waals surface area contributed by atoms with Crippen molar-refractivity contribution in [2.75, 3.05) is 0 Å². The van der Waals surface area contributed by atoms with Crippen molar-refractivity contribution >= 4 is 35.1 Å². The maximum Gasteiger partial charge on any atom is 0.329 e. The predicted octanol–water partition coefficient (Wildman–Crippen LogP) is 3.12. The minimum Gasteiger partial charge on any atom is -0.480 e. The summed E-state index contributed by atoms with van der Waals surface area (Å²) in [6.07, 6.45) is 2.41. The SMILES string of the molecule is O=C(NC1(C(=O)O)CCCC1)c1c(Cl)cccc1Cl. The molecule has 1 amide bonds. The van der Waals surface area contributed by atoms with Gasteiger partial charge in [0.25, 0.3) is 5.91 Å². The van der Waals surface area contributed by atoms with Crippen molar-refractivity contribution in [3.05, 3.63) is 33.8 Å². The van der Waals surface area contributed by atoms with E-state index in [0.29, 0.717) is 12.8 Å². The minimum absolute atomic E-state index is 0.123. The largest absolute Gasteiger partial charge is 0.480 e. The summed E-state index contributed by atoms with van der Waals surface area (Å²) in [7, 11) is 0. The summed E-state index contributed by atoms with van der Waals surface area (Å²) < 4.78 is 0. The molecular formula is C13H13Cl2NO3. The van der Waals surface area contributed by atoms with Crippen LogP contribution in [0.15, 0.2) is 18.2 Å². The lowest BCUT2D eigenvalue weighted by molar-refractivity contribution is -0.144. The van der Waals surface area contributed by atoms with Crippen molar-refractivity contribution in [3.63, 3.8) is 0 Å². The highest BCUT2D eigenvalue weighted by Crippen LogP contribution is 2.31. The zero-order valence-corrected chi connectivity index (χ0v) is 11.6. The maximum atomic E-state index is 12.2. The molecule has 1 aliphatic carbocycles. The molecule has 2 rings (SSSR count). The van der Waals surface area contributed by atoms with Gasteiger partial charge >= 0.3 is 5.97 Å². The number of halogens is 2. The van der Waals surface area contributed by atoms with Crippen LogP contribution in [0.25, 0.3) is 0 Å². The molecule has 0 aromatic heterocycles. The van der Waals surface area contributed by atoms with Crippen LogP contribution in [0.3, 0.4) is 0 Å². The molecule has 0 atom stereocenters. The van der Waals surface area contributed by atoms with Gasteiger partial charge in [-0.05, 0) is 25.0 Å². The molecule has 1 fully saturated rings. The van der Waals surface area contributed by atoms with Crippen molar-refractivity contribution in [3.8, 4) is 0 Å². The van der Waals surface area contributed by atoms with Crippen LogP contribution in [0.5, 0.6) is 0 Å². The fraction of sp³-hybridized carbons (Fsp3) is 0.385. The summed E-state index contributed by atoms with van der Waals surface area (Å²) in [5.41, 5.74) is -1.07. The molecule has 6 heteroatoms. The first-order valence-corrected chi connectivity index (χ1v) is 6.72. The number of aliphatic carboxylic acids is 1. The zero-order chi connectivity index (χ0) is 14.0. The van der Waals surface area contributed by atoms with Crippen LogP contribution in [-0.2, 0) is 4.79 Å². The molecule has 102 valence electrons. The van der Waals surface area contributed by atoms with E-state index in [9.17, 15) is 14.7 Å². The summed E-state index contributed by atoms with van der Waals surface area (Å²) >= 11 is 11.9. The van der Waals surface area contributed by atoms with E-state index >= 15 is 0 Å². The second-order valence-electron chi connectivity index (χ2n) is 4.65. The van der Waals surface area contributed by atoms with Crippen LogP contribution in [-0.4, -0.2) is 22.5 Å². The molecule has 0 saturated heterocycles. The molecular weight excluding hydrogens is 289 g/mol. The van der Waals surface area contributed by atoms with Crippen LogP contribution in [0.4, 0.5) is 0 Å². The Balaban J connectivity index is 2.28. The summed E-state index contributed by atoms with van der Waals surface area (Å²) in [6, 6.07) is 4.72. The molecule has 1 saturated carbocycles. The van der Waals surface area contributed by atoms with Crippen LogP contribution in [0.2, 0.25) is 10.0 Å². The van der Waals surface area contributed by atoms with E-state index < -0.39 is 17.4 Å². The Morgan fingerprint density at radius 1 is 1.16 bits per heavy atom. The summed E-state index contributed by atoms with van der Waals surface area (Å²) in [4.78, 5) is 23.6. The quantitative estimate of drug-likeness (QED) is 0.901. The fourth-order valence-corrected chi connectivity index (χ4v) is 2.93. The lowest BCUT2D eigenvalue weighted by atomic mass is 9.97. The number of carboxylic acids is 1. The first kappa shape index (κ1) is 14.2. The number of hydrogen-bond donors (Lipinski definition) is 2. The lowest BCUT2D eigenvalue weighted by Crippen LogP contribution is -2.52. The van der Waals surface area contributed by atoms with Gasteiger partial charge in [-0.1, -0.05) is 42.1 Å². The van der Waals surface area contributed by atoms with Crippen molar-refractivity contribution in [1.82, 2.24) is 5.32 Å². The van der Waals surface area contributed by atoms with Crippen molar-refractivity contribution in [1.29, 1.82) is 0 Å². The first-order valence-electron chi connectivity index (χ1n) is 5.96. The summed E-state index contributed by atoms with van der Waals surface area (Å²) in [5, 5.41) is 12.3. The van der Waals surface area contributed by atoms with E-state index in [0.717, 1.165) is 12.8 Å². The Bertz CT molecular complexity index is 504. The highest BCUT2D eigenvalue weighted by Gasteiger charge is 2.43. The molecule has 1 aromatic rings. The molecule has 0 unspecified atom stereocenters. The Morgan fingerprint density at radius 3 is 2.16 bits per heavy atom. The van der Waals surface area contributed by atoms with E-state index in [-0.39, 0.29) is 15.6 Å². The van der Waals surface area contributed by atoms with Crippen LogP contribution in [0.1, 0.15) is 36.0 Å². The van der Waals surface area contributed by atoms with Gasteiger partial charge < -0.3 is 10.4 Å². The van der Waals surface area contributed by atoms with Gasteiger partial charge in [0.2, 0.25) is 0 Å². The van der Waals surface area contributed by atoms with Gasteiger partial charge in [0.1, 0.15) is 5.54 Å². The number of nitrogens with one attached hydrogen (secondary N) is 1. The van der Waals surface area contributed by atoms with Crippen LogP contribution in [0, 0.1) is 0 Å². The monoisotopic (exact) mass is 301 g/mol. The van der Waals surface area contributed by atoms with E-state index in [2.05, 4.69) is 5.32 Å². The molecule has 2 N–H and O–H groups in total. The van der Waals surface area contributed by atoms with E-state index in [1.807, 2.05) is 0 Å². The van der Waals surface area contributed by atoms with Crippen LogP contribution >= 0.6 is 23.2 Å². The molecule has 4 nitrogen and oxygen atoms in total. The average molecular weight is 302 g/mol. The Hall–Kier alpha value is -1.26. The van der Waals surface area contributed by atoms with Gasteiger partial charge in [-0.25, -0.2) is 4.79 Å². The molecule has 0 aliphatic heterocycles. The van der Waals surface area contributed by atoms with Crippen molar-refractivity contribution in [2.24, 2.45) is 0 Å². The second-order valence-corrected chi connectivity index (χ2v) is 5.46. The smallest absolute Gasteiger partial charge is 0.329 e. The standard InChI is InChI=1S/C13H13Cl2NO3/c14-8-4-3-5-9(15)10(8)11(17)16-13(12(18)19)6-1-2-7-13/h3-5H,1-2,6-7H2,(H,16,17)(H,18,19). The zero-order valence-electron chi connectivity index (χ0n) is 10.1. The number of amides is 1. The molecule has 1 aromatic carbocycles. The molecule has 0 spiro atoms. The topological polar surface area (TPSA) is 66.4 Å². The minimum atomic E-state index is -1.19. The van der Waals surface area contributed by atoms with E-state index in [1.54, 1.807) is 18.2 Å². The third-order valence-electron chi connectivity index (χ3n) is 3.41. The first-order chi connectivity index (χ1) is 8.96. The van der Waals surface area contributed by atoms with Gasteiger partial charge in [0.05, 0.1) is 15.6 Å². The highest BCUT2D eigenvalue weighted by atomic mass is 35.5. The average Bonchev–Trinajstić information content (AvgIpc) is 2.78. The van der Waals surface area contributed by atoms with Gasteiger partial charge in [0, 0.05) is 0 Å². The lowest BCUT2D eigenvalue weighted by Gasteiger charge is -2.25. The van der Waals surface area contributed by atoms with Crippen LogP contribution < -0.4 is 5.32 Å². The fourth-order valence-electron chi connectivity index (χ4n) is 2.37. The number of carbonyl (C=O) groups excluding carboxylic acids is 1. The van der Waals surface area contributed by atoms with E-state index in [4.69, 9.17) is 23.2 Å². The summed E-state index contributed by atoms with van der Waals surface area (Å²) in [5.74, 6) is -1.55. The summed E-state index contributed by atoms with van der Waals surface area (Å²) in [6.45, 7) is 0.